The smallest absolute Gasteiger partial charge is 0.439 e. The fraction of sp³-hybridized carbons (Fsp3) is 0.308. The summed E-state index contributed by atoms with van der Waals surface area (Å²) in [6.07, 6.45) is 2.28. The largest absolute Gasteiger partial charge is 0.468 e. The van der Waals surface area contributed by atoms with E-state index >= 15 is 0 Å². The first-order valence-electron chi connectivity index (χ1n) is 12.6. The first-order valence-corrected chi connectivity index (χ1v) is 14.9. The Hall–Kier alpha value is -3.41. The van der Waals surface area contributed by atoms with Gasteiger partial charge in [0.2, 0.25) is 0 Å². The molecule has 0 bridgehead atoms. The van der Waals surface area contributed by atoms with Crippen molar-refractivity contribution in [2.24, 2.45) is 10.5 Å². The van der Waals surface area contributed by atoms with Crippen molar-refractivity contribution in [3.63, 3.8) is 0 Å². The summed E-state index contributed by atoms with van der Waals surface area (Å²) in [5, 5.41) is 11.1. The lowest BCUT2D eigenvalue weighted by atomic mass is 10.1. The number of allylic oxidation sites excluding steroid dienone is 1. The van der Waals surface area contributed by atoms with Gasteiger partial charge in [-0.15, -0.1) is 0 Å². The molecule has 1 fully saturated rings. The highest BCUT2D eigenvalue weighted by Crippen LogP contribution is 2.45. The molecule has 0 spiro atoms. The summed E-state index contributed by atoms with van der Waals surface area (Å²) in [4.78, 5) is 38.3. The van der Waals surface area contributed by atoms with Crippen LogP contribution in [-0.4, -0.2) is 56.3 Å². The molecule has 6 N–H and O–H groups in total. The third kappa shape index (κ3) is 9.31. The van der Waals surface area contributed by atoms with E-state index in [1.54, 1.807) is 24.3 Å². The molecule has 3 rings (SSSR count). The van der Waals surface area contributed by atoms with Crippen molar-refractivity contribution >= 4 is 54.9 Å². The number of nitrogens with two attached hydrogens (primary N) is 1. The number of halogens is 2. The number of carbonyl (C=O) groups excluding carboxylic acids is 3. The van der Waals surface area contributed by atoms with Crippen LogP contribution >= 0.6 is 30.9 Å². The van der Waals surface area contributed by atoms with E-state index in [0.717, 1.165) is 6.21 Å². The maximum Gasteiger partial charge on any atom is 0.439 e. The van der Waals surface area contributed by atoms with E-state index in [2.05, 4.69) is 25.8 Å². The molecular formula is C26H31Cl2N6O6P. The Morgan fingerprint density at radius 2 is 1.73 bits per heavy atom. The number of ether oxygens (including phenoxy) is 1. The fourth-order valence-electron chi connectivity index (χ4n) is 3.74. The highest BCUT2D eigenvalue weighted by molar-refractivity contribution is 7.56. The molecule has 0 radical (unpaired) electrons. The van der Waals surface area contributed by atoms with Gasteiger partial charge in [-0.2, -0.15) is 4.76 Å². The molecule has 15 heteroatoms. The third-order valence-electron chi connectivity index (χ3n) is 5.87. The van der Waals surface area contributed by atoms with E-state index < -0.39 is 37.2 Å². The Morgan fingerprint density at radius 1 is 1.10 bits per heavy atom. The van der Waals surface area contributed by atoms with Gasteiger partial charge in [-0.3, -0.25) is 14.4 Å². The summed E-state index contributed by atoms with van der Waals surface area (Å²) < 4.78 is 28.2. The topological polar surface area (TPSA) is 173 Å². The number of nitrogens with one attached hydrogen (secondary N) is 4. The van der Waals surface area contributed by atoms with Crippen molar-refractivity contribution in [1.82, 2.24) is 21.0 Å². The number of hydrogen-bond donors (Lipinski definition) is 5. The van der Waals surface area contributed by atoms with Gasteiger partial charge in [0.25, 0.3) is 11.8 Å². The molecule has 1 heterocycles. The summed E-state index contributed by atoms with van der Waals surface area (Å²) >= 11 is 12.4. The number of methoxy groups -OCH3 is 1. The number of benzene rings is 2. The summed E-state index contributed by atoms with van der Waals surface area (Å²) in [5.74, 6) is -2.03. The maximum absolute atomic E-state index is 13.8. The third-order valence-corrected chi connectivity index (χ3v) is 8.09. The molecule has 1 unspecified atom stereocenters. The van der Waals surface area contributed by atoms with E-state index in [4.69, 9.17) is 38.2 Å². The molecule has 1 aliphatic rings. The molecule has 1 aliphatic heterocycles. The Kier molecular flexibility index (Phi) is 11.7. The van der Waals surface area contributed by atoms with E-state index in [0.29, 0.717) is 25.9 Å². The normalized spacial score (nSPS) is 16.7. The number of piperidine rings is 1. The van der Waals surface area contributed by atoms with Crippen LogP contribution in [0.15, 0.2) is 64.7 Å². The van der Waals surface area contributed by atoms with Crippen LogP contribution in [0.5, 0.6) is 5.75 Å². The van der Waals surface area contributed by atoms with E-state index in [-0.39, 0.29) is 33.1 Å². The van der Waals surface area contributed by atoms with Gasteiger partial charge >= 0.3 is 13.6 Å². The lowest BCUT2D eigenvalue weighted by Gasteiger charge is -2.24. The first kappa shape index (κ1) is 32.1. The van der Waals surface area contributed by atoms with Crippen LogP contribution in [0.2, 0.25) is 10.0 Å². The van der Waals surface area contributed by atoms with Crippen molar-refractivity contribution in [2.45, 2.75) is 31.8 Å². The van der Waals surface area contributed by atoms with Crippen LogP contribution in [0, 0.1) is 0 Å². The SMILES string of the molecule is COC(=O)[C@H](C)NP(=O)(/N=C/C(NC(=O)c1c(Cl)cccc1Cl)=C(\N)C(=O)NC1CCNCC1)Oc1ccccc1. The molecule has 2 aromatic rings. The zero-order valence-corrected chi connectivity index (χ0v) is 24.8. The van der Waals surface area contributed by atoms with Gasteiger partial charge in [0.05, 0.1) is 34.6 Å². The molecule has 41 heavy (non-hydrogen) atoms. The number of esters is 1. The average Bonchev–Trinajstić information content (AvgIpc) is 2.95. The van der Waals surface area contributed by atoms with Crippen LogP contribution in [0.1, 0.15) is 30.1 Å². The van der Waals surface area contributed by atoms with Crippen LogP contribution in [0.4, 0.5) is 0 Å². The molecular weight excluding hydrogens is 594 g/mol. The average molecular weight is 625 g/mol. The minimum Gasteiger partial charge on any atom is -0.468 e. The Bertz CT molecular complexity index is 1350. The number of para-hydroxylation sites is 1. The Morgan fingerprint density at radius 3 is 2.34 bits per heavy atom. The summed E-state index contributed by atoms with van der Waals surface area (Å²) in [6, 6.07) is 11.3. The van der Waals surface area contributed by atoms with Gasteiger partial charge in [0.1, 0.15) is 17.5 Å². The number of carbonyl (C=O) groups is 3. The molecule has 0 aromatic heterocycles. The van der Waals surface area contributed by atoms with Crippen LogP contribution in [-0.2, 0) is 18.9 Å². The first-order chi connectivity index (χ1) is 19.5. The van der Waals surface area contributed by atoms with Crippen molar-refractivity contribution < 1.29 is 28.2 Å². The predicted octanol–water partition coefficient (Wildman–Crippen LogP) is 3.17. The van der Waals surface area contributed by atoms with Crippen molar-refractivity contribution in [2.75, 3.05) is 20.2 Å². The minimum absolute atomic E-state index is 0.0515. The monoisotopic (exact) mass is 624 g/mol. The fourth-order valence-corrected chi connectivity index (χ4v) is 5.74. The predicted molar refractivity (Wildman–Crippen MR) is 157 cm³/mol. The highest BCUT2D eigenvalue weighted by Gasteiger charge is 2.30. The molecule has 12 nitrogen and oxygen atoms in total. The van der Waals surface area contributed by atoms with Gasteiger partial charge in [0.15, 0.2) is 0 Å². The Balaban J connectivity index is 2.00. The van der Waals surface area contributed by atoms with Gasteiger partial charge < -0.3 is 30.9 Å². The van der Waals surface area contributed by atoms with Crippen LogP contribution in [0.25, 0.3) is 0 Å². The van der Waals surface area contributed by atoms with Gasteiger partial charge in [-0.25, -0.2) is 9.65 Å². The second kappa shape index (κ2) is 15.0. The summed E-state index contributed by atoms with van der Waals surface area (Å²) in [5.41, 5.74) is 5.39. The number of rotatable bonds is 11. The Labute approximate surface area is 247 Å². The highest BCUT2D eigenvalue weighted by atomic mass is 35.5. The molecule has 2 aromatic carbocycles. The number of nitrogens with zero attached hydrogens (tertiary/aromatic N) is 1. The lowest BCUT2D eigenvalue weighted by molar-refractivity contribution is -0.142. The minimum atomic E-state index is -4.27. The van der Waals surface area contributed by atoms with Crippen molar-refractivity contribution in [3.05, 3.63) is 75.5 Å². The second-order valence-electron chi connectivity index (χ2n) is 8.92. The molecule has 220 valence electrons. The molecule has 0 saturated carbocycles. The second-order valence-corrected chi connectivity index (χ2v) is 11.4. The molecule has 1 saturated heterocycles. The van der Waals surface area contributed by atoms with E-state index in [1.165, 1.54) is 38.3 Å². The number of amides is 2. The van der Waals surface area contributed by atoms with Crippen LogP contribution < -0.4 is 31.3 Å². The van der Waals surface area contributed by atoms with E-state index in [1.807, 2.05) is 0 Å². The van der Waals surface area contributed by atoms with Gasteiger partial charge in [0, 0.05) is 6.04 Å². The summed E-state index contributed by atoms with van der Waals surface area (Å²) in [6.45, 7) is 2.84. The van der Waals surface area contributed by atoms with Gasteiger partial charge in [-0.1, -0.05) is 47.5 Å². The standard InChI is InChI=1S/C26H31Cl2N6O6P/c1-16(26(37)39-2)34-41(38,40-18-7-4-3-5-8-18)31-15-21(23(29)25(36)32-17-11-13-30-14-12-17)33-24(35)22-19(27)9-6-10-20(22)28/h3-10,15-17,30H,11-14,29H2,1-2H3,(H,32,36)(H,33,35)(H,34,38)/b23-21+,31-15+/t16-,41?/m0/s1. The van der Waals surface area contributed by atoms with E-state index in [9.17, 15) is 18.9 Å². The molecule has 2 amide bonds. The molecule has 2 atom stereocenters. The zero-order chi connectivity index (χ0) is 30.0. The molecule has 0 aliphatic carbocycles. The summed E-state index contributed by atoms with van der Waals surface area (Å²) in [7, 11) is -3.10. The number of hydrogen-bond acceptors (Lipinski definition) is 8. The lowest BCUT2D eigenvalue weighted by Crippen LogP contribution is -2.45. The zero-order valence-electron chi connectivity index (χ0n) is 22.4. The maximum atomic E-state index is 13.8. The van der Waals surface area contributed by atoms with Crippen molar-refractivity contribution in [1.29, 1.82) is 0 Å². The van der Waals surface area contributed by atoms with Crippen LogP contribution in [0.3, 0.4) is 0 Å². The van der Waals surface area contributed by atoms with Gasteiger partial charge in [-0.05, 0) is 57.1 Å². The van der Waals surface area contributed by atoms with Crippen molar-refractivity contribution in [3.8, 4) is 5.75 Å². The quantitative estimate of drug-likeness (QED) is 0.109.